The van der Waals surface area contributed by atoms with Gasteiger partial charge < -0.3 is 19.5 Å². The van der Waals surface area contributed by atoms with Crippen molar-refractivity contribution >= 4 is 17.4 Å². The fourth-order valence-corrected chi connectivity index (χ4v) is 3.99. The summed E-state index contributed by atoms with van der Waals surface area (Å²) < 4.78 is 11.3. The molecule has 1 unspecified atom stereocenters. The standard InChI is InChI=1S/C26H25N3O5/c1-3-33-19-9-10-20(21(13-19)34-4-2)24(30)22-23(18-8-6-12-28-15-18)29(26(32)25(22)31)16-17-7-5-11-27-14-17/h5-15,23,30H,3-4,16H2,1-2H3/b24-22-. The van der Waals surface area contributed by atoms with Crippen LogP contribution in [0.4, 0.5) is 0 Å². The first-order chi connectivity index (χ1) is 16.5. The number of carbonyl (C=O) groups is 2. The Morgan fingerprint density at radius 3 is 2.38 bits per heavy atom. The molecule has 8 heteroatoms. The van der Waals surface area contributed by atoms with Gasteiger partial charge >= 0.3 is 0 Å². The number of nitrogens with zero attached hydrogens (tertiary/aromatic N) is 3. The molecule has 1 N–H and O–H groups in total. The number of aromatic nitrogens is 2. The number of benzene rings is 1. The fourth-order valence-electron chi connectivity index (χ4n) is 3.99. The molecule has 2 aromatic heterocycles. The van der Waals surface area contributed by atoms with Gasteiger partial charge in [0.05, 0.1) is 30.4 Å². The first-order valence-corrected chi connectivity index (χ1v) is 11.0. The molecule has 1 atom stereocenters. The monoisotopic (exact) mass is 459 g/mol. The van der Waals surface area contributed by atoms with Crippen LogP contribution in [0.3, 0.4) is 0 Å². The quantitative estimate of drug-likeness (QED) is 0.310. The lowest BCUT2D eigenvalue weighted by atomic mass is 9.95. The van der Waals surface area contributed by atoms with E-state index in [4.69, 9.17) is 9.47 Å². The van der Waals surface area contributed by atoms with E-state index in [1.807, 2.05) is 19.9 Å². The van der Waals surface area contributed by atoms with Crippen LogP contribution < -0.4 is 9.47 Å². The number of aliphatic hydroxyl groups excluding tert-OH is 1. The maximum Gasteiger partial charge on any atom is 0.295 e. The minimum atomic E-state index is -0.824. The van der Waals surface area contributed by atoms with Gasteiger partial charge in [0.25, 0.3) is 11.7 Å². The Bertz CT molecular complexity index is 1210. The van der Waals surface area contributed by atoms with E-state index < -0.39 is 17.7 Å². The van der Waals surface area contributed by atoms with Gasteiger partial charge in [0.15, 0.2) is 0 Å². The highest BCUT2D eigenvalue weighted by Crippen LogP contribution is 2.42. The van der Waals surface area contributed by atoms with E-state index in [9.17, 15) is 14.7 Å². The summed E-state index contributed by atoms with van der Waals surface area (Å²) in [4.78, 5) is 36.0. The molecular formula is C26H25N3O5. The summed E-state index contributed by atoms with van der Waals surface area (Å²) in [6, 6.07) is 11.2. The minimum absolute atomic E-state index is 0.0213. The third kappa shape index (κ3) is 4.47. The van der Waals surface area contributed by atoms with E-state index in [1.165, 1.54) is 4.90 Å². The van der Waals surface area contributed by atoms with E-state index >= 15 is 0 Å². The van der Waals surface area contributed by atoms with Gasteiger partial charge in [-0.25, -0.2) is 0 Å². The number of aliphatic hydroxyl groups is 1. The summed E-state index contributed by atoms with van der Waals surface area (Å²) in [5.74, 6) is -0.861. The molecule has 0 spiro atoms. The van der Waals surface area contributed by atoms with E-state index in [-0.39, 0.29) is 17.9 Å². The SMILES string of the molecule is CCOc1ccc(/C(O)=C2/C(=O)C(=O)N(Cc3cccnc3)C2c2cccnc2)c(OCC)c1. The lowest BCUT2D eigenvalue weighted by molar-refractivity contribution is -0.140. The van der Waals surface area contributed by atoms with Gasteiger partial charge in [-0.3, -0.25) is 19.6 Å². The zero-order valence-electron chi connectivity index (χ0n) is 19.0. The summed E-state index contributed by atoms with van der Waals surface area (Å²) in [7, 11) is 0. The Hall–Kier alpha value is -4.20. The maximum absolute atomic E-state index is 13.2. The fraction of sp³-hybridized carbons (Fsp3) is 0.231. The number of hydrogen-bond donors (Lipinski definition) is 1. The van der Waals surface area contributed by atoms with E-state index in [1.54, 1.807) is 61.2 Å². The van der Waals surface area contributed by atoms with Crippen LogP contribution in [0.15, 0.2) is 72.8 Å². The molecule has 0 bridgehead atoms. The second-order valence-corrected chi connectivity index (χ2v) is 7.60. The Morgan fingerprint density at radius 1 is 1.00 bits per heavy atom. The van der Waals surface area contributed by atoms with Crippen LogP contribution in [0.2, 0.25) is 0 Å². The van der Waals surface area contributed by atoms with Crippen molar-refractivity contribution in [3.8, 4) is 11.5 Å². The summed E-state index contributed by atoms with van der Waals surface area (Å²) in [5.41, 5.74) is 1.65. The third-order valence-corrected chi connectivity index (χ3v) is 5.43. The number of pyridine rings is 2. The van der Waals surface area contributed by atoms with Crippen LogP contribution in [0.25, 0.3) is 5.76 Å². The van der Waals surface area contributed by atoms with Crippen molar-refractivity contribution in [2.24, 2.45) is 0 Å². The molecule has 3 aromatic rings. The average Bonchev–Trinajstić information content (AvgIpc) is 3.10. The topological polar surface area (TPSA) is 102 Å². The molecule has 174 valence electrons. The van der Waals surface area contributed by atoms with Gasteiger partial charge in [-0.1, -0.05) is 12.1 Å². The summed E-state index contributed by atoms with van der Waals surface area (Å²) >= 11 is 0. The molecule has 0 aliphatic carbocycles. The minimum Gasteiger partial charge on any atom is -0.507 e. The molecule has 1 aliphatic rings. The van der Waals surface area contributed by atoms with E-state index in [2.05, 4.69) is 9.97 Å². The molecule has 3 heterocycles. The van der Waals surface area contributed by atoms with Gasteiger partial charge in [-0.2, -0.15) is 0 Å². The normalized spacial score (nSPS) is 17.1. The Balaban J connectivity index is 1.86. The number of hydrogen-bond acceptors (Lipinski definition) is 7. The molecule has 8 nitrogen and oxygen atoms in total. The van der Waals surface area contributed by atoms with Crippen molar-refractivity contribution in [3.63, 3.8) is 0 Å². The van der Waals surface area contributed by atoms with Crippen LogP contribution in [0.1, 0.15) is 36.6 Å². The molecule has 1 saturated heterocycles. The van der Waals surface area contributed by atoms with Crippen molar-refractivity contribution in [3.05, 3.63) is 89.5 Å². The predicted molar refractivity (Wildman–Crippen MR) is 125 cm³/mol. The van der Waals surface area contributed by atoms with Crippen LogP contribution >= 0.6 is 0 Å². The van der Waals surface area contributed by atoms with Crippen LogP contribution in [-0.2, 0) is 16.1 Å². The molecule has 34 heavy (non-hydrogen) atoms. The third-order valence-electron chi connectivity index (χ3n) is 5.43. The molecule has 1 aliphatic heterocycles. The number of ether oxygens (including phenoxy) is 2. The van der Waals surface area contributed by atoms with Crippen molar-refractivity contribution in [2.45, 2.75) is 26.4 Å². The van der Waals surface area contributed by atoms with Crippen molar-refractivity contribution in [1.29, 1.82) is 0 Å². The van der Waals surface area contributed by atoms with Gasteiger partial charge in [-0.15, -0.1) is 0 Å². The number of ketones is 1. The smallest absolute Gasteiger partial charge is 0.295 e. The zero-order chi connectivity index (χ0) is 24.1. The molecular weight excluding hydrogens is 434 g/mol. The summed E-state index contributed by atoms with van der Waals surface area (Å²) in [6.45, 7) is 4.65. The first-order valence-electron chi connectivity index (χ1n) is 11.0. The maximum atomic E-state index is 13.2. The predicted octanol–water partition coefficient (Wildman–Crippen LogP) is 3.90. The van der Waals surface area contributed by atoms with Gasteiger partial charge in [0.1, 0.15) is 17.3 Å². The second kappa shape index (κ2) is 10.2. The first kappa shape index (κ1) is 23.0. The Morgan fingerprint density at radius 2 is 1.74 bits per heavy atom. The number of Topliss-reactive ketones (excluding diaryl/α,β-unsaturated/α-hetero) is 1. The number of rotatable bonds is 8. The van der Waals surface area contributed by atoms with Crippen LogP contribution in [-0.4, -0.2) is 44.9 Å². The number of likely N-dealkylation sites (tertiary alicyclic amines) is 1. The molecule has 1 aromatic carbocycles. The highest BCUT2D eigenvalue weighted by molar-refractivity contribution is 6.46. The molecule has 0 saturated carbocycles. The summed E-state index contributed by atoms with van der Waals surface area (Å²) in [5, 5.41) is 11.4. The number of carbonyl (C=O) groups excluding carboxylic acids is 2. The van der Waals surface area contributed by atoms with Crippen molar-refractivity contribution < 1.29 is 24.2 Å². The van der Waals surface area contributed by atoms with Crippen LogP contribution in [0.5, 0.6) is 11.5 Å². The lowest BCUT2D eigenvalue weighted by Crippen LogP contribution is -2.29. The van der Waals surface area contributed by atoms with Gasteiger partial charge in [0.2, 0.25) is 0 Å². The van der Waals surface area contributed by atoms with Crippen LogP contribution in [0, 0.1) is 0 Å². The van der Waals surface area contributed by atoms with Gasteiger partial charge in [-0.05, 0) is 49.2 Å². The highest BCUT2D eigenvalue weighted by atomic mass is 16.5. The second-order valence-electron chi connectivity index (χ2n) is 7.60. The van der Waals surface area contributed by atoms with E-state index in [0.717, 1.165) is 5.56 Å². The Labute approximate surface area is 197 Å². The molecule has 4 rings (SSSR count). The largest absolute Gasteiger partial charge is 0.507 e. The van der Waals surface area contributed by atoms with E-state index in [0.29, 0.717) is 35.8 Å². The molecule has 0 radical (unpaired) electrons. The molecule has 1 fully saturated rings. The zero-order valence-corrected chi connectivity index (χ0v) is 19.0. The van der Waals surface area contributed by atoms with Gasteiger partial charge in [0, 0.05) is 37.4 Å². The van der Waals surface area contributed by atoms with Crippen molar-refractivity contribution in [1.82, 2.24) is 14.9 Å². The summed E-state index contributed by atoms with van der Waals surface area (Å²) in [6.07, 6.45) is 6.47. The lowest BCUT2D eigenvalue weighted by Gasteiger charge is -2.25. The molecule has 1 amide bonds. The average molecular weight is 460 g/mol. The highest BCUT2D eigenvalue weighted by Gasteiger charge is 2.46. The van der Waals surface area contributed by atoms with Crippen molar-refractivity contribution in [2.75, 3.05) is 13.2 Å². The number of amides is 1. The Kier molecular flexibility index (Phi) is 6.87.